The fraction of sp³-hybridized carbons (Fsp3) is 0.250. The molecule has 0 atom stereocenters. The van der Waals surface area contributed by atoms with Crippen LogP contribution in [-0.2, 0) is 12.3 Å². The van der Waals surface area contributed by atoms with Crippen LogP contribution in [0.15, 0.2) is 52.5 Å². The summed E-state index contributed by atoms with van der Waals surface area (Å²) >= 11 is 1.66. The molecule has 0 amide bonds. The van der Waals surface area contributed by atoms with Crippen LogP contribution in [0.5, 0.6) is 5.75 Å². The monoisotopic (exact) mass is 315 g/mol. The molecule has 22 heavy (non-hydrogen) atoms. The van der Waals surface area contributed by atoms with Gasteiger partial charge in [0.15, 0.2) is 5.16 Å². The Labute approximate surface area is 133 Å². The molecule has 0 aliphatic heterocycles. The Bertz CT molecular complexity index is 734. The number of hydrogen-bond acceptors (Lipinski definition) is 5. The van der Waals surface area contributed by atoms with E-state index in [1.807, 2.05) is 36.7 Å². The number of oxazole rings is 1. The molecule has 0 aliphatic carbocycles. The van der Waals surface area contributed by atoms with E-state index < -0.39 is 0 Å². The van der Waals surface area contributed by atoms with Crippen LogP contribution in [0.25, 0.3) is 11.5 Å². The molecule has 0 radical (unpaired) electrons. The normalized spacial score (nSPS) is 10.8. The molecule has 0 bridgehead atoms. The molecule has 6 heteroatoms. The van der Waals surface area contributed by atoms with Gasteiger partial charge in [-0.25, -0.2) is 9.97 Å². The molecule has 0 N–H and O–H groups in total. The second kappa shape index (κ2) is 6.70. The summed E-state index contributed by atoms with van der Waals surface area (Å²) in [5, 5.41) is 0.997. The van der Waals surface area contributed by atoms with Crippen LogP contribution < -0.4 is 4.74 Å². The summed E-state index contributed by atoms with van der Waals surface area (Å²) in [7, 11) is 1.65. The summed E-state index contributed by atoms with van der Waals surface area (Å²) in [5.74, 6) is 2.17. The average molecular weight is 315 g/mol. The van der Waals surface area contributed by atoms with Crippen LogP contribution in [0.4, 0.5) is 0 Å². The first-order chi connectivity index (χ1) is 10.8. The number of methoxy groups -OCH3 is 1. The molecule has 0 saturated heterocycles. The molecular formula is C16H17N3O2S. The molecule has 0 spiro atoms. The zero-order valence-electron chi connectivity index (χ0n) is 12.5. The number of nitrogens with zero attached hydrogens (tertiary/aromatic N) is 3. The number of imidazole rings is 1. The fourth-order valence-corrected chi connectivity index (χ4v) is 2.96. The first-order valence-electron chi connectivity index (χ1n) is 7.03. The average Bonchev–Trinajstić information content (AvgIpc) is 3.21. The lowest BCUT2D eigenvalue weighted by molar-refractivity contribution is 0.415. The smallest absolute Gasteiger partial charge is 0.226 e. The second-order valence-electron chi connectivity index (χ2n) is 4.66. The van der Waals surface area contributed by atoms with Crippen molar-refractivity contribution in [3.05, 3.63) is 48.6 Å². The maximum atomic E-state index is 5.56. The van der Waals surface area contributed by atoms with Crippen LogP contribution in [-0.4, -0.2) is 21.6 Å². The maximum absolute atomic E-state index is 5.56. The number of ether oxygens (including phenoxy) is 1. The Balaban J connectivity index is 1.68. The van der Waals surface area contributed by atoms with Gasteiger partial charge in [0.1, 0.15) is 12.0 Å². The molecule has 2 aromatic heterocycles. The van der Waals surface area contributed by atoms with Crippen molar-refractivity contribution in [2.45, 2.75) is 24.4 Å². The Hall–Kier alpha value is -2.21. The highest BCUT2D eigenvalue weighted by Crippen LogP contribution is 2.25. The predicted octanol–water partition coefficient (Wildman–Crippen LogP) is 3.86. The third-order valence-corrected chi connectivity index (χ3v) is 4.29. The van der Waals surface area contributed by atoms with Crippen molar-refractivity contribution in [3.8, 4) is 17.2 Å². The van der Waals surface area contributed by atoms with E-state index in [0.29, 0.717) is 5.89 Å². The summed E-state index contributed by atoms with van der Waals surface area (Å²) in [6, 6.07) is 7.66. The van der Waals surface area contributed by atoms with Gasteiger partial charge < -0.3 is 13.7 Å². The predicted molar refractivity (Wildman–Crippen MR) is 86.0 cm³/mol. The molecule has 5 nitrogen and oxygen atoms in total. The van der Waals surface area contributed by atoms with Gasteiger partial charge in [0.05, 0.1) is 12.8 Å². The number of aromatic nitrogens is 3. The van der Waals surface area contributed by atoms with E-state index in [0.717, 1.165) is 34.5 Å². The van der Waals surface area contributed by atoms with Crippen LogP contribution >= 0.6 is 11.8 Å². The van der Waals surface area contributed by atoms with Crippen LogP contribution in [0.2, 0.25) is 0 Å². The lowest BCUT2D eigenvalue weighted by Gasteiger charge is -2.02. The Kier molecular flexibility index (Phi) is 4.48. The van der Waals surface area contributed by atoms with Crippen LogP contribution in [0.3, 0.4) is 0 Å². The van der Waals surface area contributed by atoms with E-state index in [4.69, 9.17) is 9.15 Å². The van der Waals surface area contributed by atoms with Crippen molar-refractivity contribution in [1.82, 2.24) is 14.5 Å². The van der Waals surface area contributed by atoms with Crippen molar-refractivity contribution in [2.75, 3.05) is 7.11 Å². The number of thioether (sulfide) groups is 1. The van der Waals surface area contributed by atoms with Crippen molar-refractivity contribution in [2.24, 2.45) is 0 Å². The lowest BCUT2D eigenvalue weighted by Crippen LogP contribution is -1.94. The van der Waals surface area contributed by atoms with E-state index in [9.17, 15) is 0 Å². The van der Waals surface area contributed by atoms with Gasteiger partial charge in [0.25, 0.3) is 0 Å². The standard InChI is InChI=1S/C16H17N3O2S/c1-3-19-9-8-17-16(19)22-11-13-10-21-15(18-13)12-4-6-14(20-2)7-5-12/h4-10H,3,11H2,1-2H3. The van der Waals surface area contributed by atoms with Crippen molar-refractivity contribution >= 4 is 11.8 Å². The molecule has 2 heterocycles. The van der Waals surface area contributed by atoms with Gasteiger partial charge in [0.2, 0.25) is 5.89 Å². The van der Waals surface area contributed by atoms with Gasteiger partial charge in [-0.3, -0.25) is 0 Å². The Morgan fingerprint density at radius 2 is 2.09 bits per heavy atom. The molecule has 3 rings (SSSR count). The highest BCUT2D eigenvalue weighted by molar-refractivity contribution is 7.98. The molecular weight excluding hydrogens is 298 g/mol. The first-order valence-corrected chi connectivity index (χ1v) is 8.01. The molecule has 0 fully saturated rings. The SMILES string of the molecule is CCn1ccnc1SCc1coc(-c2ccc(OC)cc2)n1. The minimum Gasteiger partial charge on any atom is -0.497 e. The van der Waals surface area contributed by atoms with Crippen LogP contribution in [0, 0.1) is 0 Å². The summed E-state index contributed by atoms with van der Waals surface area (Å²) < 4.78 is 12.8. The lowest BCUT2D eigenvalue weighted by atomic mass is 10.2. The van der Waals surface area contributed by atoms with E-state index in [-0.39, 0.29) is 0 Å². The quantitative estimate of drug-likeness (QED) is 0.647. The van der Waals surface area contributed by atoms with Crippen molar-refractivity contribution in [1.29, 1.82) is 0 Å². The fourth-order valence-electron chi connectivity index (χ4n) is 2.05. The highest BCUT2D eigenvalue weighted by atomic mass is 32.2. The van der Waals surface area contributed by atoms with Gasteiger partial charge in [-0.2, -0.15) is 0 Å². The molecule has 1 aromatic carbocycles. The van der Waals surface area contributed by atoms with E-state index in [1.165, 1.54) is 0 Å². The third kappa shape index (κ3) is 3.17. The molecule has 0 unspecified atom stereocenters. The zero-order chi connectivity index (χ0) is 15.4. The van der Waals surface area contributed by atoms with E-state index >= 15 is 0 Å². The summed E-state index contributed by atoms with van der Waals surface area (Å²) in [6.07, 6.45) is 5.50. The molecule has 0 saturated carbocycles. The summed E-state index contributed by atoms with van der Waals surface area (Å²) in [4.78, 5) is 8.87. The Morgan fingerprint density at radius 3 is 2.82 bits per heavy atom. The number of hydrogen-bond donors (Lipinski definition) is 0. The number of benzene rings is 1. The minimum absolute atomic E-state index is 0.622. The van der Waals surface area contributed by atoms with Gasteiger partial charge in [-0.1, -0.05) is 11.8 Å². The second-order valence-corrected chi connectivity index (χ2v) is 5.60. The molecule has 3 aromatic rings. The number of aryl methyl sites for hydroxylation is 1. The van der Waals surface area contributed by atoms with Crippen molar-refractivity contribution in [3.63, 3.8) is 0 Å². The molecule has 0 aliphatic rings. The van der Waals surface area contributed by atoms with Gasteiger partial charge in [-0.15, -0.1) is 0 Å². The maximum Gasteiger partial charge on any atom is 0.226 e. The van der Waals surface area contributed by atoms with E-state index in [1.54, 1.807) is 25.1 Å². The van der Waals surface area contributed by atoms with Crippen LogP contribution in [0.1, 0.15) is 12.6 Å². The van der Waals surface area contributed by atoms with Gasteiger partial charge in [-0.05, 0) is 31.2 Å². The number of rotatable bonds is 6. The highest BCUT2D eigenvalue weighted by Gasteiger charge is 2.09. The third-order valence-electron chi connectivity index (χ3n) is 3.26. The minimum atomic E-state index is 0.622. The Morgan fingerprint density at radius 1 is 1.27 bits per heavy atom. The zero-order valence-corrected chi connectivity index (χ0v) is 13.3. The summed E-state index contributed by atoms with van der Waals surface area (Å²) in [6.45, 7) is 3.02. The largest absolute Gasteiger partial charge is 0.497 e. The first kappa shape index (κ1) is 14.7. The molecule has 114 valence electrons. The van der Waals surface area contributed by atoms with Gasteiger partial charge >= 0.3 is 0 Å². The summed E-state index contributed by atoms with van der Waals surface area (Å²) in [5.41, 5.74) is 1.84. The van der Waals surface area contributed by atoms with Crippen molar-refractivity contribution < 1.29 is 9.15 Å². The van der Waals surface area contributed by atoms with E-state index in [2.05, 4.69) is 21.5 Å². The topological polar surface area (TPSA) is 53.1 Å². The van der Waals surface area contributed by atoms with Gasteiger partial charge in [0, 0.05) is 30.3 Å².